The van der Waals surface area contributed by atoms with Gasteiger partial charge in [-0.1, -0.05) is 36.2 Å². The van der Waals surface area contributed by atoms with Crippen LogP contribution in [0, 0.1) is 12.7 Å². The zero-order valence-electron chi connectivity index (χ0n) is 20.2. The van der Waals surface area contributed by atoms with Crippen LogP contribution in [0.2, 0.25) is 0 Å². The lowest BCUT2D eigenvalue weighted by Crippen LogP contribution is -2.50. The first-order chi connectivity index (χ1) is 16.5. The Morgan fingerprint density at radius 1 is 0.941 bits per heavy atom. The van der Waals surface area contributed by atoms with Crippen molar-refractivity contribution in [3.63, 3.8) is 0 Å². The molecule has 0 aromatic heterocycles. The number of nitrogens with zero attached hydrogens (tertiary/aromatic N) is 3. The summed E-state index contributed by atoms with van der Waals surface area (Å²) < 4.78 is 13.3. The van der Waals surface area contributed by atoms with E-state index in [2.05, 4.69) is 4.90 Å². The zero-order valence-corrected chi connectivity index (χ0v) is 20.2. The van der Waals surface area contributed by atoms with E-state index in [0.29, 0.717) is 31.6 Å². The van der Waals surface area contributed by atoms with Crippen LogP contribution < -0.4 is 5.73 Å². The molecule has 7 heteroatoms. The number of unbranched alkanes of at least 4 members (excludes halogenated alkanes) is 2. The van der Waals surface area contributed by atoms with Crippen LogP contribution in [0.15, 0.2) is 48.5 Å². The molecule has 1 heterocycles. The van der Waals surface area contributed by atoms with Crippen molar-refractivity contribution in [2.24, 2.45) is 5.73 Å². The quantitative estimate of drug-likeness (QED) is 0.513. The molecule has 2 amide bonds. The lowest BCUT2D eigenvalue weighted by atomic mass is 10.1. The molecule has 34 heavy (non-hydrogen) atoms. The molecule has 0 spiro atoms. The zero-order chi connectivity index (χ0) is 24.3. The van der Waals surface area contributed by atoms with Gasteiger partial charge < -0.3 is 15.5 Å². The number of hydrogen-bond donors (Lipinski definition) is 1. The van der Waals surface area contributed by atoms with Gasteiger partial charge in [0.25, 0.3) is 5.91 Å². The van der Waals surface area contributed by atoms with Gasteiger partial charge in [0, 0.05) is 57.8 Å². The molecule has 0 radical (unpaired) electrons. The van der Waals surface area contributed by atoms with Crippen LogP contribution in [0.3, 0.4) is 0 Å². The number of hydrogen-bond acceptors (Lipinski definition) is 4. The summed E-state index contributed by atoms with van der Waals surface area (Å²) >= 11 is 0. The number of halogens is 1. The van der Waals surface area contributed by atoms with Crippen molar-refractivity contribution >= 4 is 11.8 Å². The Balaban J connectivity index is 1.54. The van der Waals surface area contributed by atoms with E-state index in [1.165, 1.54) is 12.1 Å². The summed E-state index contributed by atoms with van der Waals surface area (Å²) in [5, 5.41) is 0. The average Bonchev–Trinajstić information content (AvgIpc) is 2.86. The molecule has 6 nitrogen and oxygen atoms in total. The van der Waals surface area contributed by atoms with Crippen LogP contribution in [0.1, 0.15) is 47.2 Å². The maximum atomic E-state index is 13.3. The molecule has 0 bridgehead atoms. The Morgan fingerprint density at radius 3 is 2.26 bits per heavy atom. The molecular formula is C27H37FN4O2. The SMILES string of the molecule is Cc1ccc(C(=O)N(CCN2CCN(C(=O)CCCCCN)CC2)Cc2ccc(F)cc2)cc1. The van der Waals surface area contributed by atoms with Gasteiger partial charge in [-0.15, -0.1) is 0 Å². The van der Waals surface area contributed by atoms with E-state index in [1.54, 1.807) is 12.1 Å². The number of piperazine rings is 1. The summed E-state index contributed by atoms with van der Waals surface area (Å²) in [6.07, 6.45) is 3.46. The summed E-state index contributed by atoms with van der Waals surface area (Å²) in [7, 11) is 0. The Labute approximate surface area is 202 Å². The van der Waals surface area contributed by atoms with Crippen LogP contribution >= 0.6 is 0 Å². The minimum absolute atomic E-state index is 0.0318. The second-order valence-corrected chi connectivity index (χ2v) is 9.04. The number of amides is 2. The standard InChI is InChI=1S/C27H37FN4O2/c1-22-6-10-24(11-7-22)27(34)32(21-23-8-12-25(28)13-9-23)20-17-30-15-18-31(19-16-30)26(33)5-3-2-4-14-29/h6-13H,2-5,14-21,29H2,1H3. The number of carbonyl (C=O) groups is 2. The fraction of sp³-hybridized carbons (Fsp3) is 0.481. The smallest absolute Gasteiger partial charge is 0.254 e. The maximum absolute atomic E-state index is 13.3. The predicted molar refractivity (Wildman–Crippen MR) is 133 cm³/mol. The number of benzene rings is 2. The number of aryl methyl sites for hydroxylation is 1. The molecule has 0 atom stereocenters. The number of nitrogens with two attached hydrogens (primary N) is 1. The van der Waals surface area contributed by atoms with Gasteiger partial charge in [-0.3, -0.25) is 14.5 Å². The molecule has 3 rings (SSSR count). The van der Waals surface area contributed by atoms with E-state index in [9.17, 15) is 14.0 Å². The minimum Gasteiger partial charge on any atom is -0.340 e. The summed E-state index contributed by atoms with van der Waals surface area (Å²) in [5.41, 5.74) is 8.17. The molecule has 1 aliphatic heterocycles. The third-order valence-electron chi connectivity index (χ3n) is 6.38. The van der Waals surface area contributed by atoms with Crippen LogP contribution in [0.5, 0.6) is 0 Å². The number of carbonyl (C=O) groups excluding carboxylic acids is 2. The van der Waals surface area contributed by atoms with Crippen molar-refractivity contribution in [2.45, 2.75) is 39.2 Å². The largest absolute Gasteiger partial charge is 0.340 e. The summed E-state index contributed by atoms with van der Waals surface area (Å²) in [5.74, 6) is -0.0910. The Bertz CT molecular complexity index is 909. The summed E-state index contributed by atoms with van der Waals surface area (Å²) in [6.45, 7) is 7.45. The highest BCUT2D eigenvalue weighted by molar-refractivity contribution is 5.94. The molecule has 184 valence electrons. The van der Waals surface area contributed by atoms with Crippen molar-refractivity contribution < 1.29 is 14.0 Å². The van der Waals surface area contributed by atoms with Crippen molar-refractivity contribution in [1.82, 2.24) is 14.7 Å². The molecule has 2 N–H and O–H groups in total. The van der Waals surface area contributed by atoms with Crippen LogP contribution in [-0.4, -0.2) is 72.3 Å². The molecular weight excluding hydrogens is 431 g/mol. The first-order valence-electron chi connectivity index (χ1n) is 12.3. The number of rotatable bonds is 11. The first-order valence-corrected chi connectivity index (χ1v) is 12.3. The second kappa shape index (κ2) is 13.2. The molecule has 2 aromatic rings. The van der Waals surface area contributed by atoms with E-state index in [1.807, 2.05) is 41.0 Å². The molecule has 0 saturated carbocycles. The highest BCUT2D eigenvalue weighted by Crippen LogP contribution is 2.13. The topological polar surface area (TPSA) is 69.9 Å². The summed E-state index contributed by atoms with van der Waals surface area (Å²) in [4.78, 5) is 31.8. The monoisotopic (exact) mass is 468 g/mol. The highest BCUT2D eigenvalue weighted by atomic mass is 19.1. The normalized spacial score (nSPS) is 14.3. The molecule has 0 unspecified atom stereocenters. The van der Waals surface area contributed by atoms with E-state index >= 15 is 0 Å². The van der Waals surface area contributed by atoms with E-state index in [4.69, 9.17) is 5.73 Å². The molecule has 2 aromatic carbocycles. The Hall–Kier alpha value is -2.77. The van der Waals surface area contributed by atoms with Gasteiger partial charge in [-0.25, -0.2) is 4.39 Å². The molecule has 0 aliphatic carbocycles. The summed E-state index contributed by atoms with van der Waals surface area (Å²) in [6, 6.07) is 13.9. The third-order valence-corrected chi connectivity index (χ3v) is 6.38. The molecule has 1 saturated heterocycles. The fourth-order valence-corrected chi connectivity index (χ4v) is 4.18. The van der Waals surface area contributed by atoms with Gasteiger partial charge in [-0.05, 0) is 56.1 Å². The van der Waals surface area contributed by atoms with Gasteiger partial charge in [0.05, 0.1) is 0 Å². The van der Waals surface area contributed by atoms with Crippen molar-refractivity contribution in [2.75, 3.05) is 45.8 Å². The van der Waals surface area contributed by atoms with Crippen molar-refractivity contribution in [3.05, 3.63) is 71.0 Å². The van der Waals surface area contributed by atoms with Crippen LogP contribution in [0.4, 0.5) is 4.39 Å². The van der Waals surface area contributed by atoms with Gasteiger partial charge in [0.2, 0.25) is 5.91 Å². The van der Waals surface area contributed by atoms with Crippen molar-refractivity contribution in [3.8, 4) is 0 Å². The fourth-order valence-electron chi connectivity index (χ4n) is 4.18. The second-order valence-electron chi connectivity index (χ2n) is 9.04. The average molecular weight is 469 g/mol. The first kappa shape index (κ1) is 25.8. The van der Waals surface area contributed by atoms with Gasteiger partial charge >= 0.3 is 0 Å². The van der Waals surface area contributed by atoms with Crippen LogP contribution in [0.25, 0.3) is 0 Å². The third kappa shape index (κ3) is 7.92. The van der Waals surface area contributed by atoms with E-state index in [0.717, 1.165) is 63.1 Å². The Morgan fingerprint density at radius 2 is 1.62 bits per heavy atom. The predicted octanol–water partition coefficient (Wildman–Crippen LogP) is 3.44. The lowest BCUT2D eigenvalue weighted by molar-refractivity contribution is -0.133. The van der Waals surface area contributed by atoms with Crippen molar-refractivity contribution in [1.29, 1.82) is 0 Å². The van der Waals surface area contributed by atoms with Gasteiger partial charge in [0.1, 0.15) is 5.82 Å². The maximum Gasteiger partial charge on any atom is 0.254 e. The highest BCUT2D eigenvalue weighted by Gasteiger charge is 2.22. The minimum atomic E-state index is -0.285. The van der Waals surface area contributed by atoms with Crippen LogP contribution in [-0.2, 0) is 11.3 Å². The van der Waals surface area contributed by atoms with E-state index < -0.39 is 0 Å². The molecule has 1 aliphatic rings. The molecule has 1 fully saturated rings. The van der Waals surface area contributed by atoms with Gasteiger partial charge in [0.15, 0.2) is 0 Å². The lowest BCUT2D eigenvalue weighted by Gasteiger charge is -2.36. The van der Waals surface area contributed by atoms with E-state index in [-0.39, 0.29) is 17.6 Å². The van der Waals surface area contributed by atoms with Gasteiger partial charge in [-0.2, -0.15) is 0 Å². The Kier molecular flexibility index (Phi) is 10.0.